The van der Waals surface area contributed by atoms with E-state index in [0.29, 0.717) is 32.7 Å². The molecule has 0 aromatic carbocycles. The number of nitrogens with zero attached hydrogens (tertiary/aromatic N) is 4. The number of methoxy groups -OCH3 is 1. The Hall–Kier alpha value is -1.88. The number of sulfone groups is 1. The van der Waals surface area contributed by atoms with Gasteiger partial charge in [0.1, 0.15) is 12.6 Å². The van der Waals surface area contributed by atoms with Crippen LogP contribution in [0.2, 0.25) is 0 Å². The second-order valence-electron chi connectivity index (χ2n) is 8.68. The number of urea groups is 1. The van der Waals surface area contributed by atoms with Crippen molar-refractivity contribution in [3.63, 3.8) is 0 Å². The maximum absolute atomic E-state index is 13.1. The first-order chi connectivity index (χ1) is 14.1. The van der Waals surface area contributed by atoms with Crippen LogP contribution in [-0.4, -0.2) is 122 Å². The first-order valence-electron chi connectivity index (χ1n) is 10.5. The van der Waals surface area contributed by atoms with Crippen molar-refractivity contribution >= 4 is 27.7 Å². The summed E-state index contributed by atoms with van der Waals surface area (Å²) in [5.41, 5.74) is 0. The van der Waals surface area contributed by atoms with Crippen LogP contribution in [0.5, 0.6) is 0 Å². The summed E-state index contributed by atoms with van der Waals surface area (Å²) in [6.07, 6.45) is 0.566. The molecule has 11 heteroatoms. The average molecular weight is 445 g/mol. The van der Waals surface area contributed by atoms with Gasteiger partial charge in [0, 0.05) is 39.8 Å². The van der Waals surface area contributed by atoms with E-state index >= 15 is 0 Å². The van der Waals surface area contributed by atoms with Gasteiger partial charge in [0.25, 0.3) is 0 Å². The van der Waals surface area contributed by atoms with Gasteiger partial charge in [-0.3, -0.25) is 9.59 Å². The molecule has 0 unspecified atom stereocenters. The number of piperazine rings is 1. The largest absolute Gasteiger partial charge is 0.383 e. The van der Waals surface area contributed by atoms with Gasteiger partial charge in [0.2, 0.25) is 11.8 Å². The first-order valence-corrected chi connectivity index (χ1v) is 12.3. The Labute approximate surface area is 178 Å². The average Bonchev–Trinajstić information content (AvgIpc) is 2.97. The molecule has 3 aliphatic rings. The third-order valence-electron chi connectivity index (χ3n) is 5.96. The third kappa shape index (κ3) is 4.88. The second kappa shape index (κ2) is 9.09. The van der Waals surface area contributed by atoms with Gasteiger partial charge in [-0.25, -0.2) is 13.2 Å². The number of fused-ring (bicyclic) bond motifs is 1. The molecule has 0 bridgehead atoms. The third-order valence-corrected chi connectivity index (χ3v) is 7.57. The molecule has 4 amide bonds. The summed E-state index contributed by atoms with van der Waals surface area (Å²) in [7, 11) is -1.49. The van der Waals surface area contributed by atoms with E-state index in [4.69, 9.17) is 4.74 Å². The number of rotatable bonds is 7. The minimum atomic E-state index is -3.08. The van der Waals surface area contributed by atoms with E-state index in [9.17, 15) is 22.8 Å². The molecule has 3 fully saturated rings. The number of ether oxygens (including phenoxy) is 1. The van der Waals surface area contributed by atoms with Crippen LogP contribution in [0.15, 0.2) is 0 Å². The molecule has 30 heavy (non-hydrogen) atoms. The van der Waals surface area contributed by atoms with Crippen LogP contribution in [0.1, 0.15) is 20.3 Å². The molecule has 0 radical (unpaired) electrons. The highest BCUT2D eigenvalue weighted by molar-refractivity contribution is 7.91. The minimum absolute atomic E-state index is 0.0408. The molecule has 0 aromatic rings. The van der Waals surface area contributed by atoms with E-state index in [1.54, 1.807) is 16.9 Å². The molecule has 3 heterocycles. The zero-order valence-corrected chi connectivity index (χ0v) is 18.8. The fourth-order valence-electron chi connectivity index (χ4n) is 4.37. The number of amides is 4. The van der Waals surface area contributed by atoms with Crippen LogP contribution in [0, 0.1) is 5.92 Å². The lowest BCUT2D eigenvalue weighted by molar-refractivity contribution is -0.143. The lowest BCUT2D eigenvalue weighted by atomic mass is 9.97. The monoisotopic (exact) mass is 444 g/mol. The van der Waals surface area contributed by atoms with Crippen molar-refractivity contribution in [3.05, 3.63) is 0 Å². The quantitative estimate of drug-likeness (QED) is 0.512. The number of carbonyl (C=O) groups is 3. The van der Waals surface area contributed by atoms with Gasteiger partial charge in [-0.05, 0) is 12.3 Å². The predicted molar refractivity (Wildman–Crippen MR) is 110 cm³/mol. The predicted octanol–water partition coefficient (Wildman–Crippen LogP) is -0.747. The smallest absolute Gasteiger partial charge is 0.321 e. The molecule has 0 saturated carbocycles. The van der Waals surface area contributed by atoms with Gasteiger partial charge in [-0.15, -0.1) is 0 Å². The molecule has 2 atom stereocenters. The Morgan fingerprint density at radius 3 is 2.37 bits per heavy atom. The Morgan fingerprint density at radius 1 is 1.13 bits per heavy atom. The van der Waals surface area contributed by atoms with Gasteiger partial charge in [0.05, 0.1) is 24.2 Å². The maximum atomic E-state index is 13.1. The van der Waals surface area contributed by atoms with Gasteiger partial charge in [-0.1, -0.05) is 13.8 Å². The molecular formula is C19H32N4O6S. The summed E-state index contributed by atoms with van der Waals surface area (Å²) in [5, 5.41) is 0. The molecule has 3 saturated heterocycles. The standard InChI is InChI=1S/C19H32N4O6S/c1-14(2)10-16-18(25)21(4-7-29-3)11-15-12-22(19(26)23(15)16)13-17(24)20-5-8-30(27,28)9-6-20/h14-16H,4-13H2,1-3H3/t15-,16+/m1/s1. The molecule has 3 rings (SSSR count). The Kier molecular flexibility index (Phi) is 6.91. The van der Waals surface area contributed by atoms with Crippen molar-refractivity contribution in [2.75, 3.05) is 64.5 Å². The van der Waals surface area contributed by atoms with Gasteiger partial charge >= 0.3 is 6.03 Å². The van der Waals surface area contributed by atoms with Crippen LogP contribution in [0.3, 0.4) is 0 Å². The van der Waals surface area contributed by atoms with Crippen molar-refractivity contribution in [1.29, 1.82) is 0 Å². The summed E-state index contributed by atoms with van der Waals surface area (Å²) >= 11 is 0. The summed E-state index contributed by atoms with van der Waals surface area (Å²) < 4.78 is 28.3. The molecule has 0 aromatic heterocycles. The number of hydrogen-bond donors (Lipinski definition) is 0. The van der Waals surface area contributed by atoms with Crippen LogP contribution < -0.4 is 0 Å². The highest BCUT2D eigenvalue weighted by atomic mass is 32.2. The van der Waals surface area contributed by atoms with Crippen LogP contribution in [0.4, 0.5) is 4.79 Å². The molecule has 170 valence electrons. The maximum Gasteiger partial charge on any atom is 0.321 e. The molecule has 0 spiro atoms. The summed E-state index contributed by atoms with van der Waals surface area (Å²) in [4.78, 5) is 45.2. The van der Waals surface area contributed by atoms with E-state index in [-0.39, 0.29) is 60.9 Å². The van der Waals surface area contributed by atoms with Crippen LogP contribution >= 0.6 is 0 Å². The summed E-state index contributed by atoms with van der Waals surface area (Å²) in [5.74, 6) is -0.163. The first kappa shape index (κ1) is 22.8. The van der Waals surface area contributed by atoms with Gasteiger partial charge in [-0.2, -0.15) is 0 Å². The number of hydrogen-bond acceptors (Lipinski definition) is 6. The fourth-order valence-corrected chi connectivity index (χ4v) is 5.57. The van der Waals surface area contributed by atoms with Crippen molar-refractivity contribution in [1.82, 2.24) is 19.6 Å². The molecule has 3 aliphatic heterocycles. The highest BCUT2D eigenvalue weighted by Crippen LogP contribution is 2.29. The van der Waals surface area contributed by atoms with E-state index in [0.717, 1.165) is 0 Å². The van der Waals surface area contributed by atoms with Crippen molar-refractivity contribution < 1.29 is 27.5 Å². The van der Waals surface area contributed by atoms with Gasteiger partial charge in [0.15, 0.2) is 9.84 Å². The zero-order chi connectivity index (χ0) is 22.1. The minimum Gasteiger partial charge on any atom is -0.383 e. The topological polar surface area (TPSA) is 108 Å². The lowest BCUT2D eigenvalue weighted by Crippen LogP contribution is -2.61. The van der Waals surface area contributed by atoms with E-state index in [1.165, 1.54) is 9.80 Å². The number of carbonyl (C=O) groups excluding carboxylic acids is 3. The SMILES string of the molecule is COCCN1C[C@@H]2CN(CC(=O)N3CCS(=O)(=O)CC3)C(=O)N2[C@@H](CC(C)C)C1=O. The molecule has 0 N–H and O–H groups in total. The fraction of sp³-hybridized carbons (Fsp3) is 0.842. The normalized spacial score (nSPS) is 26.5. The molecular weight excluding hydrogens is 412 g/mol. The van der Waals surface area contributed by atoms with E-state index < -0.39 is 15.9 Å². The Balaban J connectivity index is 1.69. The zero-order valence-electron chi connectivity index (χ0n) is 17.9. The molecule has 0 aliphatic carbocycles. The highest BCUT2D eigenvalue weighted by Gasteiger charge is 2.49. The Bertz CT molecular complexity index is 772. The van der Waals surface area contributed by atoms with Crippen molar-refractivity contribution in [2.45, 2.75) is 32.4 Å². The summed E-state index contributed by atoms with van der Waals surface area (Å²) in [6.45, 7) is 5.98. The van der Waals surface area contributed by atoms with E-state index in [2.05, 4.69) is 0 Å². The lowest BCUT2D eigenvalue weighted by Gasteiger charge is -2.42. The van der Waals surface area contributed by atoms with E-state index in [1.807, 2.05) is 13.8 Å². The second-order valence-corrected chi connectivity index (χ2v) is 11.0. The van der Waals surface area contributed by atoms with Crippen molar-refractivity contribution in [3.8, 4) is 0 Å². The summed E-state index contributed by atoms with van der Waals surface area (Å²) in [6, 6.07) is -0.984. The van der Waals surface area contributed by atoms with Crippen LogP contribution in [-0.2, 0) is 24.2 Å². The van der Waals surface area contributed by atoms with Crippen molar-refractivity contribution in [2.24, 2.45) is 5.92 Å². The van der Waals surface area contributed by atoms with Gasteiger partial charge < -0.3 is 24.3 Å². The van der Waals surface area contributed by atoms with Crippen LogP contribution in [0.25, 0.3) is 0 Å². The Morgan fingerprint density at radius 2 is 1.77 bits per heavy atom. The molecule has 10 nitrogen and oxygen atoms in total.